The number of β-lactam (4-membered cyclic amide) rings is 1. The Labute approximate surface area is 174 Å². The van der Waals surface area contributed by atoms with Crippen molar-refractivity contribution in [2.75, 3.05) is 0 Å². The zero-order valence-corrected chi connectivity index (χ0v) is 16.1. The predicted octanol–water partition coefficient (Wildman–Crippen LogP) is 3.01. The summed E-state index contributed by atoms with van der Waals surface area (Å²) < 4.78 is 5.36. The largest absolute Gasteiger partial charge is 0.478 e. The summed E-state index contributed by atoms with van der Waals surface area (Å²) in [5.41, 5.74) is 1.37. The van der Waals surface area contributed by atoms with Crippen molar-refractivity contribution >= 4 is 40.2 Å². The number of nitrogens with zero attached hydrogens (tertiary/aromatic N) is 2. The van der Waals surface area contributed by atoms with Crippen molar-refractivity contribution in [3.8, 4) is 0 Å². The Morgan fingerprint density at radius 2 is 1.83 bits per heavy atom. The summed E-state index contributed by atoms with van der Waals surface area (Å²) in [6.07, 6.45) is 0.306. The molecule has 0 spiro atoms. The van der Waals surface area contributed by atoms with Crippen molar-refractivity contribution in [2.45, 2.75) is 18.4 Å². The Bertz CT molecular complexity index is 1090. The monoisotopic (exact) mass is 426 g/mol. The SMILES string of the molecule is O=C(OCc1ccc([N+](=O)[O-])cc1)C1=C(c2ccc(C(=O)O)cc2)S[C@@H]2CC(=O)N12. The summed E-state index contributed by atoms with van der Waals surface area (Å²) >= 11 is 1.36. The number of aromatic carboxylic acids is 1. The van der Waals surface area contributed by atoms with Crippen LogP contribution in [0.2, 0.25) is 0 Å². The molecule has 2 aliphatic rings. The van der Waals surface area contributed by atoms with E-state index in [4.69, 9.17) is 9.84 Å². The van der Waals surface area contributed by atoms with Gasteiger partial charge in [0.05, 0.1) is 22.3 Å². The Morgan fingerprint density at radius 3 is 2.40 bits per heavy atom. The minimum atomic E-state index is -1.06. The first-order valence-corrected chi connectivity index (χ1v) is 9.70. The smallest absolute Gasteiger partial charge is 0.356 e. The van der Waals surface area contributed by atoms with E-state index in [1.807, 2.05) is 0 Å². The van der Waals surface area contributed by atoms with Gasteiger partial charge in [-0.1, -0.05) is 23.9 Å². The average molecular weight is 426 g/mol. The van der Waals surface area contributed by atoms with Gasteiger partial charge in [0.15, 0.2) is 0 Å². The summed E-state index contributed by atoms with van der Waals surface area (Å²) in [4.78, 5) is 48.1. The molecule has 1 fully saturated rings. The van der Waals surface area contributed by atoms with Crippen LogP contribution in [0.25, 0.3) is 4.91 Å². The number of non-ortho nitro benzene ring substituents is 1. The summed E-state index contributed by atoms with van der Waals surface area (Å²) in [5.74, 6) is -1.93. The van der Waals surface area contributed by atoms with Crippen molar-refractivity contribution in [1.29, 1.82) is 0 Å². The zero-order valence-electron chi connectivity index (χ0n) is 15.3. The quantitative estimate of drug-likeness (QED) is 0.323. The molecule has 30 heavy (non-hydrogen) atoms. The number of fused-ring (bicyclic) bond motifs is 1. The Balaban J connectivity index is 1.57. The van der Waals surface area contributed by atoms with E-state index >= 15 is 0 Å². The highest BCUT2D eigenvalue weighted by Gasteiger charge is 2.49. The number of benzene rings is 2. The van der Waals surface area contributed by atoms with Crippen LogP contribution < -0.4 is 0 Å². The molecular weight excluding hydrogens is 412 g/mol. The number of nitro benzene ring substituents is 1. The second-order valence-electron chi connectivity index (χ2n) is 6.60. The van der Waals surface area contributed by atoms with Gasteiger partial charge in [-0.25, -0.2) is 9.59 Å². The van der Waals surface area contributed by atoms with Gasteiger partial charge >= 0.3 is 11.9 Å². The van der Waals surface area contributed by atoms with Crippen LogP contribution >= 0.6 is 11.8 Å². The molecule has 2 aliphatic heterocycles. The molecule has 4 rings (SSSR count). The summed E-state index contributed by atoms with van der Waals surface area (Å²) in [6, 6.07) is 11.7. The molecule has 10 heteroatoms. The van der Waals surface area contributed by atoms with E-state index in [1.54, 1.807) is 12.1 Å². The molecule has 1 N–H and O–H groups in total. The van der Waals surface area contributed by atoms with Gasteiger partial charge in [0.1, 0.15) is 12.3 Å². The van der Waals surface area contributed by atoms with Crippen molar-refractivity contribution in [3.63, 3.8) is 0 Å². The molecule has 0 aliphatic carbocycles. The highest BCUT2D eigenvalue weighted by Crippen LogP contribution is 2.50. The third kappa shape index (κ3) is 3.52. The molecule has 0 bridgehead atoms. The maximum absolute atomic E-state index is 12.8. The minimum absolute atomic E-state index is 0.0684. The summed E-state index contributed by atoms with van der Waals surface area (Å²) in [5, 5.41) is 19.6. The van der Waals surface area contributed by atoms with E-state index in [-0.39, 0.29) is 34.8 Å². The highest BCUT2D eigenvalue weighted by atomic mass is 32.2. The van der Waals surface area contributed by atoms with Crippen molar-refractivity contribution < 1.29 is 29.2 Å². The van der Waals surface area contributed by atoms with Crippen LogP contribution in [0.4, 0.5) is 5.69 Å². The van der Waals surface area contributed by atoms with Crippen LogP contribution in [0.3, 0.4) is 0 Å². The number of carbonyl (C=O) groups is 3. The third-order valence-corrected chi connectivity index (χ3v) is 6.03. The first-order chi connectivity index (χ1) is 14.3. The second kappa shape index (κ2) is 7.64. The molecule has 9 nitrogen and oxygen atoms in total. The zero-order chi connectivity index (χ0) is 21.4. The molecule has 0 radical (unpaired) electrons. The van der Waals surface area contributed by atoms with Crippen molar-refractivity contribution in [1.82, 2.24) is 4.90 Å². The fourth-order valence-corrected chi connectivity index (χ4v) is 4.53. The summed E-state index contributed by atoms with van der Waals surface area (Å²) in [6.45, 7) is -0.108. The van der Waals surface area contributed by atoms with Gasteiger partial charge in [-0.3, -0.25) is 19.8 Å². The molecule has 1 saturated heterocycles. The van der Waals surface area contributed by atoms with Crippen LogP contribution in [-0.2, 0) is 20.9 Å². The minimum Gasteiger partial charge on any atom is -0.478 e. The van der Waals surface area contributed by atoms with E-state index in [2.05, 4.69) is 0 Å². The fourth-order valence-electron chi connectivity index (χ4n) is 3.14. The lowest BCUT2D eigenvalue weighted by molar-refractivity contribution is -0.384. The number of esters is 1. The van der Waals surface area contributed by atoms with Crippen LogP contribution in [-0.4, -0.2) is 38.1 Å². The Hall–Kier alpha value is -3.66. The van der Waals surface area contributed by atoms with Gasteiger partial charge in [0.2, 0.25) is 5.91 Å². The lowest BCUT2D eigenvalue weighted by atomic mass is 10.1. The standard InChI is InChI=1S/C20H14N2O7S/c23-15-9-16-21(15)17(18(30-16)12-3-5-13(6-4-12)19(24)25)20(26)29-10-11-1-7-14(8-2-11)22(27)28/h1-8,16H,9-10H2,(H,24,25)/t16-/m1/s1. The molecule has 2 aromatic rings. The average Bonchev–Trinajstić information content (AvgIpc) is 3.05. The van der Waals surface area contributed by atoms with E-state index in [1.165, 1.54) is 53.1 Å². The van der Waals surface area contributed by atoms with Crippen LogP contribution in [0.1, 0.15) is 27.9 Å². The van der Waals surface area contributed by atoms with E-state index in [9.17, 15) is 24.5 Å². The van der Waals surface area contributed by atoms with Crippen LogP contribution in [0.5, 0.6) is 0 Å². The van der Waals surface area contributed by atoms with Gasteiger partial charge in [-0.05, 0) is 35.4 Å². The van der Waals surface area contributed by atoms with Crippen LogP contribution in [0, 0.1) is 10.1 Å². The Morgan fingerprint density at radius 1 is 1.17 bits per heavy atom. The highest BCUT2D eigenvalue weighted by molar-refractivity contribution is 8.09. The molecular formula is C20H14N2O7S. The van der Waals surface area contributed by atoms with Gasteiger partial charge < -0.3 is 9.84 Å². The molecule has 2 aromatic carbocycles. The summed E-state index contributed by atoms with van der Waals surface area (Å²) in [7, 11) is 0. The number of hydrogen-bond acceptors (Lipinski definition) is 7. The predicted molar refractivity (Wildman–Crippen MR) is 106 cm³/mol. The molecule has 0 unspecified atom stereocenters. The van der Waals surface area contributed by atoms with Gasteiger partial charge in [-0.15, -0.1) is 0 Å². The number of amides is 1. The first-order valence-electron chi connectivity index (χ1n) is 8.82. The molecule has 1 atom stereocenters. The first kappa shape index (κ1) is 19.6. The number of carboxylic acids is 1. The van der Waals surface area contributed by atoms with E-state index in [0.29, 0.717) is 22.5 Å². The van der Waals surface area contributed by atoms with Crippen LogP contribution in [0.15, 0.2) is 54.2 Å². The number of nitro groups is 1. The normalized spacial score (nSPS) is 17.4. The number of carbonyl (C=O) groups excluding carboxylic acids is 2. The van der Waals surface area contributed by atoms with E-state index < -0.39 is 16.9 Å². The number of hydrogen-bond donors (Lipinski definition) is 1. The molecule has 1 amide bonds. The number of ether oxygens (including phenoxy) is 1. The molecule has 152 valence electrons. The van der Waals surface area contributed by atoms with Gasteiger partial charge in [-0.2, -0.15) is 0 Å². The number of thioether (sulfide) groups is 1. The second-order valence-corrected chi connectivity index (χ2v) is 7.79. The maximum Gasteiger partial charge on any atom is 0.356 e. The van der Waals surface area contributed by atoms with Crippen molar-refractivity contribution in [2.24, 2.45) is 0 Å². The van der Waals surface area contributed by atoms with E-state index in [0.717, 1.165) is 0 Å². The van der Waals surface area contributed by atoms with Gasteiger partial charge in [0, 0.05) is 17.0 Å². The lowest BCUT2D eigenvalue weighted by Gasteiger charge is -2.34. The van der Waals surface area contributed by atoms with Gasteiger partial charge in [0.25, 0.3) is 5.69 Å². The Kier molecular flexibility index (Phi) is 5.00. The third-order valence-electron chi connectivity index (χ3n) is 4.72. The lowest BCUT2D eigenvalue weighted by Crippen LogP contribution is -2.48. The number of carboxylic acid groups (broad SMARTS) is 1. The topological polar surface area (TPSA) is 127 Å². The van der Waals surface area contributed by atoms with Crippen molar-refractivity contribution in [3.05, 3.63) is 81.0 Å². The molecule has 0 saturated carbocycles. The fraction of sp³-hybridized carbons (Fsp3) is 0.150. The number of rotatable bonds is 6. The maximum atomic E-state index is 12.8. The molecule has 0 aromatic heterocycles. The molecule has 2 heterocycles.